The number of fused-ring (bicyclic) bond motifs is 1. The van der Waals surface area contributed by atoms with Crippen molar-refractivity contribution in [3.8, 4) is 0 Å². The van der Waals surface area contributed by atoms with Crippen molar-refractivity contribution >= 4 is 34.2 Å². The molecule has 0 saturated heterocycles. The zero-order chi connectivity index (χ0) is 22.7. The van der Waals surface area contributed by atoms with Gasteiger partial charge in [-0.05, 0) is 55.8 Å². The minimum absolute atomic E-state index is 0.0582. The van der Waals surface area contributed by atoms with Gasteiger partial charge in [-0.2, -0.15) is 0 Å². The van der Waals surface area contributed by atoms with Crippen molar-refractivity contribution in [1.29, 1.82) is 0 Å². The SMILES string of the molecule is Cc1cccc(NC(=O)c2cn(CC(=O)Nc3ccccc3)c3nc(C)ccc3c2=O)c1. The lowest BCUT2D eigenvalue weighted by atomic mass is 10.1. The number of nitrogens with zero attached hydrogens (tertiary/aromatic N) is 2. The summed E-state index contributed by atoms with van der Waals surface area (Å²) in [5, 5.41) is 5.85. The van der Waals surface area contributed by atoms with E-state index in [2.05, 4.69) is 15.6 Å². The van der Waals surface area contributed by atoms with Crippen LogP contribution >= 0.6 is 0 Å². The van der Waals surface area contributed by atoms with Gasteiger partial charge in [-0.15, -0.1) is 0 Å². The van der Waals surface area contributed by atoms with E-state index in [1.807, 2.05) is 43.3 Å². The molecule has 2 aromatic carbocycles. The molecule has 4 aromatic rings. The van der Waals surface area contributed by atoms with Crippen LogP contribution in [0, 0.1) is 13.8 Å². The van der Waals surface area contributed by atoms with E-state index < -0.39 is 11.3 Å². The molecule has 0 unspecified atom stereocenters. The lowest BCUT2D eigenvalue weighted by molar-refractivity contribution is -0.116. The number of hydrogen-bond acceptors (Lipinski definition) is 4. The molecule has 2 heterocycles. The summed E-state index contributed by atoms with van der Waals surface area (Å²) >= 11 is 0. The number of amides is 2. The molecule has 160 valence electrons. The molecule has 0 aliphatic rings. The van der Waals surface area contributed by atoms with Gasteiger partial charge in [0.2, 0.25) is 11.3 Å². The highest BCUT2D eigenvalue weighted by Gasteiger charge is 2.18. The molecule has 4 rings (SSSR count). The summed E-state index contributed by atoms with van der Waals surface area (Å²) in [5.41, 5.74) is 2.79. The normalized spacial score (nSPS) is 10.7. The first-order valence-electron chi connectivity index (χ1n) is 10.1. The predicted molar refractivity (Wildman–Crippen MR) is 125 cm³/mol. The van der Waals surface area contributed by atoms with E-state index in [0.717, 1.165) is 5.56 Å². The fourth-order valence-corrected chi connectivity index (χ4v) is 3.44. The van der Waals surface area contributed by atoms with Crippen LogP contribution in [-0.4, -0.2) is 21.4 Å². The number of aromatic nitrogens is 2. The maximum atomic E-state index is 13.1. The summed E-state index contributed by atoms with van der Waals surface area (Å²) < 4.78 is 1.53. The van der Waals surface area contributed by atoms with Crippen LogP contribution in [0.2, 0.25) is 0 Å². The highest BCUT2D eigenvalue weighted by atomic mass is 16.2. The Labute approximate surface area is 184 Å². The van der Waals surface area contributed by atoms with E-state index in [-0.39, 0.29) is 23.4 Å². The molecule has 0 fully saturated rings. The lowest BCUT2D eigenvalue weighted by Crippen LogP contribution is -2.27. The first-order chi connectivity index (χ1) is 15.4. The Balaban J connectivity index is 1.71. The van der Waals surface area contributed by atoms with Crippen LogP contribution in [0.5, 0.6) is 0 Å². The Morgan fingerprint density at radius 3 is 2.41 bits per heavy atom. The van der Waals surface area contributed by atoms with Gasteiger partial charge < -0.3 is 15.2 Å². The second-order valence-corrected chi connectivity index (χ2v) is 7.56. The van der Waals surface area contributed by atoms with Crippen molar-refractivity contribution in [2.24, 2.45) is 0 Å². The number of aryl methyl sites for hydroxylation is 2. The third-order valence-corrected chi connectivity index (χ3v) is 4.95. The third kappa shape index (κ3) is 4.57. The monoisotopic (exact) mass is 426 g/mol. The molecule has 2 aromatic heterocycles. The fraction of sp³-hybridized carbons (Fsp3) is 0.120. The van der Waals surface area contributed by atoms with Gasteiger partial charge in [0.1, 0.15) is 17.8 Å². The Morgan fingerprint density at radius 2 is 1.66 bits per heavy atom. The number of carbonyl (C=O) groups is 2. The maximum absolute atomic E-state index is 13.1. The van der Waals surface area contributed by atoms with E-state index in [9.17, 15) is 14.4 Å². The highest BCUT2D eigenvalue weighted by molar-refractivity contribution is 6.05. The number of carbonyl (C=O) groups excluding carboxylic acids is 2. The number of benzene rings is 2. The Bertz CT molecular complexity index is 1380. The molecule has 7 heteroatoms. The van der Waals surface area contributed by atoms with Crippen molar-refractivity contribution in [1.82, 2.24) is 9.55 Å². The van der Waals surface area contributed by atoms with Gasteiger partial charge in [0.25, 0.3) is 5.91 Å². The van der Waals surface area contributed by atoms with Gasteiger partial charge in [0.15, 0.2) is 0 Å². The highest BCUT2D eigenvalue weighted by Crippen LogP contribution is 2.15. The first-order valence-corrected chi connectivity index (χ1v) is 10.1. The predicted octanol–water partition coefficient (Wildman–Crippen LogP) is 3.90. The zero-order valence-electron chi connectivity index (χ0n) is 17.8. The van der Waals surface area contributed by atoms with Gasteiger partial charge in [-0.1, -0.05) is 30.3 Å². The van der Waals surface area contributed by atoms with Crippen molar-refractivity contribution in [3.63, 3.8) is 0 Å². The number of hydrogen-bond donors (Lipinski definition) is 2. The zero-order valence-corrected chi connectivity index (χ0v) is 17.8. The van der Waals surface area contributed by atoms with Gasteiger partial charge in [-0.25, -0.2) is 4.98 Å². The lowest BCUT2D eigenvalue weighted by Gasteiger charge is -2.14. The van der Waals surface area contributed by atoms with Gasteiger partial charge >= 0.3 is 0 Å². The fourth-order valence-electron chi connectivity index (χ4n) is 3.44. The van der Waals surface area contributed by atoms with Crippen molar-refractivity contribution in [2.45, 2.75) is 20.4 Å². The number of pyridine rings is 2. The van der Waals surface area contributed by atoms with Crippen molar-refractivity contribution in [3.05, 3.63) is 100.0 Å². The molecule has 0 aliphatic heterocycles. The van der Waals surface area contributed by atoms with Crippen molar-refractivity contribution < 1.29 is 9.59 Å². The van der Waals surface area contributed by atoms with Crippen LogP contribution in [0.15, 0.2) is 77.7 Å². The largest absolute Gasteiger partial charge is 0.325 e. The molecule has 0 atom stereocenters. The number of anilines is 2. The van der Waals surface area contributed by atoms with Gasteiger partial charge in [0.05, 0.1) is 5.39 Å². The van der Waals surface area contributed by atoms with E-state index in [1.54, 1.807) is 37.3 Å². The molecule has 2 N–H and O–H groups in total. The summed E-state index contributed by atoms with van der Waals surface area (Å²) in [4.78, 5) is 43.1. The number of para-hydroxylation sites is 1. The van der Waals surface area contributed by atoms with E-state index in [1.165, 1.54) is 10.8 Å². The second kappa shape index (κ2) is 8.85. The summed E-state index contributed by atoms with van der Waals surface area (Å²) in [6, 6.07) is 19.7. The Morgan fingerprint density at radius 1 is 0.906 bits per heavy atom. The summed E-state index contributed by atoms with van der Waals surface area (Å²) in [5.74, 6) is -0.838. The first kappa shape index (κ1) is 21.0. The van der Waals surface area contributed by atoms with Crippen LogP contribution in [0.25, 0.3) is 11.0 Å². The summed E-state index contributed by atoms with van der Waals surface area (Å²) in [6.45, 7) is 3.61. The molecule has 0 spiro atoms. The van der Waals surface area contributed by atoms with Crippen LogP contribution in [-0.2, 0) is 11.3 Å². The van der Waals surface area contributed by atoms with E-state index >= 15 is 0 Å². The molecule has 32 heavy (non-hydrogen) atoms. The summed E-state index contributed by atoms with van der Waals surface area (Å²) in [6.07, 6.45) is 1.40. The van der Waals surface area contributed by atoms with E-state index in [4.69, 9.17) is 0 Å². The van der Waals surface area contributed by atoms with Crippen molar-refractivity contribution in [2.75, 3.05) is 10.6 Å². The maximum Gasteiger partial charge on any atom is 0.261 e. The quantitative estimate of drug-likeness (QED) is 0.506. The molecular formula is C25H22N4O3. The average molecular weight is 426 g/mol. The van der Waals surface area contributed by atoms with Crippen LogP contribution < -0.4 is 16.1 Å². The molecule has 7 nitrogen and oxygen atoms in total. The molecule has 0 bridgehead atoms. The molecule has 0 radical (unpaired) electrons. The molecule has 0 aliphatic carbocycles. The molecular weight excluding hydrogens is 404 g/mol. The van der Waals surface area contributed by atoms with Gasteiger partial charge in [-0.3, -0.25) is 14.4 Å². The van der Waals surface area contributed by atoms with Crippen LogP contribution in [0.3, 0.4) is 0 Å². The number of rotatable bonds is 5. The third-order valence-electron chi connectivity index (χ3n) is 4.95. The summed E-state index contributed by atoms with van der Waals surface area (Å²) in [7, 11) is 0. The van der Waals surface area contributed by atoms with Crippen LogP contribution in [0.4, 0.5) is 11.4 Å². The van der Waals surface area contributed by atoms with E-state index in [0.29, 0.717) is 22.7 Å². The van der Waals surface area contributed by atoms with Crippen LogP contribution in [0.1, 0.15) is 21.6 Å². The average Bonchev–Trinajstić information content (AvgIpc) is 2.76. The number of nitrogens with one attached hydrogen (secondary N) is 2. The Kier molecular flexibility index (Phi) is 5.81. The van der Waals surface area contributed by atoms with Gasteiger partial charge in [0, 0.05) is 23.3 Å². The Hall–Kier alpha value is -4.26. The molecule has 2 amide bonds. The topological polar surface area (TPSA) is 93.1 Å². The standard InChI is InChI=1S/C25H22N4O3/c1-16-7-6-10-19(13-16)28-25(32)21-14-29(15-22(30)27-18-8-4-3-5-9-18)24-20(23(21)31)12-11-17(2)26-24/h3-14H,15H2,1-2H3,(H,27,30)(H,28,32). The smallest absolute Gasteiger partial charge is 0.261 e. The minimum atomic E-state index is -0.541. The minimum Gasteiger partial charge on any atom is -0.325 e. The second-order valence-electron chi connectivity index (χ2n) is 7.56. The molecule has 0 saturated carbocycles.